The summed E-state index contributed by atoms with van der Waals surface area (Å²) in [6.45, 7) is 3.69. The zero-order valence-corrected chi connectivity index (χ0v) is 19.6. The molecule has 0 bridgehead atoms. The summed E-state index contributed by atoms with van der Waals surface area (Å²) in [6, 6.07) is 8.03. The third-order valence-electron chi connectivity index (χ3n) is 7.69. The number of aromatic nitrogens is 1. The molecule has 1 saturated heterocycles. The van der Waals surface area contributed by atoms with Crippen LogP contribution in [-0.4, -0.2) is 29.0 Å². The van der Waals surface area contributed by atoms with E-state index in [2.05, 4.69) is 12.2 Å². The van der Waals surface area contributed by atoms with E-state index in [0.717, 1.165) is 43.5 Å². The van der Waals surface area contributed by atoms with Crippen molar-refractivity contribution in [3.05, 3.63) is 45.4 Å². The molecule has 1 unspecified atom stereocenters. The lowest BCUT2D eigenvalue weighted by molar-refractivity contribution is 0.194. The molecular formula is C26H35N3OS. The Labute approximate surface area is 190 Å². The van der Waals surface area contributed by atoms with Gasteiger partial charge in [-0.2, -0.15) is 0 Å². The van der Waals surface area contributed by atoms with E-state index in [0.29, 0.717) is 5.92 Å². The van der Waals surface area contributed by atoms with Gasteiger partial charge in [-0.3, -0.25) is 0 Å². The van der Waals surface area contributed by atoms with Crippen LogP contribution in [0.25, 0.3) is 0 Å². The fraction of sp³-hybridized carbons (Fsp3) is 0.615. The molecular weight excluding hydrogens is 402 g/mol. The second-order valence-corrected chi connectivity index (χ2v) is 11.1. The average molecular weight is 438 g/mol. The zero-order chi connectivity index (χ0) is 21.2. The summed E-state index contributed by atoms with van der Waals surface area (Å²) in [7, 11) is 0. The molecule has 5 heteroatoms. The largest absolute Gasteiger partial charge is 0.324 e. The van der Waals surface area contributed by atoms with Gasteiger partial charge in [-0.25, -0.2) is 9.78 Å². The molecule has 2 fully saturated rings. The monoisotopic (exact) mass is 437 g/mol. The highest BCUT2D eigenvalue weighted by Crippen LogP contribution is 2.39. The number of thiazole rings is 1. The number of nitrogens with one attached hydrogen (secondary N) is 1. The number of aryl methyl sites for hydroxylation is 3. The predicted molar refractivity (Wildman–Crippen MR) is 128 cm³/mol. The van der Waals surface area contributed by atoms with Crippen molar-refractivity contribution in [3.8, 4) is 0 Å². The minimum Gasteiger partial charge on any atom is -0.324 e. The average Bonchev–Trinajstić information content (AvgIpc) is 3.07. The maximum absolute atomic E-state index is 12.6. The van der Waals surface area contributed by atoms with Crippen LogP contribution in [0.3, 0.4) is 0 Å². The lowest BCUT2D eigenvalue weighted by atomic mass is 9.77. The third-order valence-corrected chi connectivity index (χ3v) is 9.01. The van der Waals surface area contributed by atoms with Gasteiger partial charge in [0.25, 0.3) is 0 Å². The van der Waals surface area contributed by atoms with Crippen molar-refractivity contribution in [1.29, 1.82) is 0 Å². The van der Waals surface area contributed by atoms with Gasteiger partial charge in [0.15, 0.2) is 0 Å². The molecule has 1 aliphatic heterocycles. The van der Waals surface area contributed by atoms with Gasteiger partial charge in [-0.05, 0) is 75.8 Å². The van der Waals surface area contributed by atoms with E-state index >= 15 is 0 Å². The van der Waals surface area contributed by atoms with Crippen LogP contribution in [0.5, 0.6) is 0 Å². The minimum atomic E-state index is 0.0229. The maximum atomic E-state index is 12.6. The van der Waals surface area contributed by atoms with E-state index in [-0.39, 0.29) is 6.03 Å². The number of benzene rings is 1. The summed E-state index contributed by atoms with van der Waals surface area (Å²) >= 11 is 1.98. The predicted octanol–water partition coefficient (Wildman–Crippen LogP) is 6.55. The van der Waals surface area contributed by atoms with Gasteiger partial charge in [0, 0.05) is 29.6 Å². The lowest BCUT2D eigenvalue weighted by Crippen LogP contribution is -2.40. The molecule has 3 aliphatic rings. The first-order valence-electron chi connectivity index (χ1n) is 12.2. The van der Waals surface area contributed by atoms with E-state index in [1.807, 2.05) is 40.5 Å². The number of hydrogen-bond donors (Lipinski definition) is 1. The van der Waals surface area contributed by atoms with Crippen LogP contribution in [0.1, 0.15) is 78.4 Å². The van der Waals surface area contributed by atoms with Crippen LogP contribution in [-0.2, 0) is 12.8 Å². The highest BCUT2D eigenvalue weighted by atomic mass is 32.1. The van der Waals surface area contributed by atoms with Crippen LogP contribution in [0.2, 0.25) is 0 Å². The number of amides is 2. The number of likely N-dealkylation sites (tertiary alicyclic amines) is 1. The number of piperidine rings is 1. The number of urea groups is 1. The Kier molecular flexibility index (Phi) is 6.31. The number of fused-ring (bicyclic) bond motifs is 1. The van der Waals surface area contributed by atoms with Gasteiger partial charge in [0.05, 0.1) is 10.7 Å². The molecule has 31 heavy (non-hydrogen) atoms. The first-order valence-corrected chi connectivity index (χ1v) is 13.1. The summed E-state index contributed by atoms with van der Waals surface area (Å²) in [5, 5.41) is 4.37. The van der Waals surface area contributed by atoms with Crippen molar-refractivity contribution in [3.63, 3.8) is 0 Å². The summed E-state index contributed by atoms with van der Waals surface area (Å²) in [5.74, 6) is 2.47. The van der Waals surface area contributed by atoms with E-state index in [9.17, 15) is 4.79 Å². The van der Waals surface area contributed by atoms with E-state index in [1.165, 1.54) is 67.6 Å². The van der Waals surface area contributed by atoms with Crippen LogP contribution in [0.4, 0.5) is 10.5 Å². The molecule has 2 aliphatic carbocycles. The summed E-state index contributed by atoms with van der Waals surface area (Å²) in [6.07, 6.45) is 13.0. The molecule has 2 amide bonds. The van der Waals surface area contributed by atoms with Crippen molar-refractivity contribution in [2.24, 2.45) is 11.8 Å². The quantitative estimate of drug-likeness (QED) is 0.551. The molecule has 0 radical (unpaired) electrons. The van der Waals surface area contributed by atoms with Crippen LogP contribution in [0.15, 0.2) is 24.3 Å². The Balaban J connectivity index is 1.12. The normalized spacial score (nSPS) is 22.5. The van der Waals surface area contributed by atoms with Crippen LogP contribution < -0.4 is 5.32 Å². The topological polar surface area (TPSA) is 45.2 Å². The van der Waals surface area contributed by atoms with Gasteiger partial charge in [-0.15, -0.1) is 11.3 Å². The Morgan fingerprint density at radius 1 is 1.03 bits per heavy atom. The number of carbonyl (C=O) groups is 1. The molecule has 1 atom stereocenters. The van der Waals surface area contributed by atoms with Crippen molar-refractivity contribution >= 4 is 23.1 Å². The molecule has 2 heterocycles. The van der Waals surface area contributed by atoms with Gasteiger partial charge >= 0.3 is 6.03 Å². The minimum absolute atomic E-state index is 0.0229. The first-order chi connectivity index (χ1) is 15.1. The number of rotatable bonds is 4. The van der Waals surface area contributed by atoms with Crippen molar-refractivity contribution in [1.82, 2.24) is 9.88 Å². The van der Waals surface area contributed by atoms with Gasteiger partial charge in [0.2, 0.25) is 0 Å². The summed E-state index contributed by atoms with van der Waals surface area (Å²) in [5.41, 5.74) is 3.47. The molecule has 1 aromatic carbocycles. The van der Waals surface area contributed by atoms with Crippen LogP contribution >= 0.6 is 11.3 Å². The van der Waals surface area contributed by atoms with E-state index in [4.69, 9.17) is 4.98 Å². The van der Waals surface area contributed by atoms with Crippen molar-refractivity contribution < 1.29 is 4.79 Å². The number of carbonyl (C=O) groups excluding carboxylic acids is 1. The molecule has 2 aromatic rings. The Hall–Kier alpha value is -1.88. The van der Waals surface area contributed by atoms with Crippen LogP contribution in [0, 0.1) is 18.8 Å². The second-order valence-electron chi connectivity index (χ2n) is 9.96. The fourth-order valence-corrected chi connectivity index (χ4v) is 6.69. The Morgan fingerprint density at radius 2 is 1.74 bits per heavy atom. The summed E-state index contributed by atoms with van der Waals surface area (Å²) < 4.78 is 0. The lowest BCUT2D eigenvalue weighted by Gasteiger charge is -2.31. The first kappa shape index (κ1) is 21.0. The molecule has 0 spiro atoms. The maximum Gasteiger partial charge on any atom is 0.321 e. The van der Waals surface area contributed by atoms with Gasteiger partial charge in [-0.1, -0.05) is 37.0 Å². The van der Waals surface area contributed by atoms with Crippen molar-refractivity contribution in [2.45, 2.75) is 77.0 Å². The standard InChI is InChI=1S/C26H35N3OS/c1-18-5-9-22(10-6-18)27-26(30)29-15-13-21(14-16-29)25-28-23-11-7-20(8-12-24(23)31-25)17-19-3-2-4-19/h5-6,9-10,19-21H,2-4,7-8,11-17H2,1H3,(H,27,30). The van der Waals surface area contributed by atoms with Crippen molar-refractivity contribution in [2.75, 3.05) is 18.4 Å². The molecule has 4 nitrogen and oxygen atoms in total. The van der Waals surface area contributed by atoms with E-state index in [1.54, 1.807) is 4.88 Å². The molecule has 1 aromatic heterocycles. The smallest absolute Gasteiger partial charge is 0.321 e. The molecule has 1 saturated carbocycles. The van der Waals surface area contributed by atoms with Gasteiger partial charge < -0.3 is 10.2 Å². The number of anilines is 1. The molecule has 166 valence electrons. The highest BCUT2D eigenvalue weighted by Gasteiger charge is 2.29. The number of hydrogen-bond acceptors (Lipinski definition) is 3. The molecule has 5 rings (SSSR count). The Morgan fingerprint density at radius 3 is 2.45 bits per heavy atom. The van der Waals surface area contributed by atoms with Gasteiger partial charge in [0.1, 0.15) is 0 Å². The second kappa shape index (κ2) is 9.32. The van der Waals surface area contributed by atoms with E-state index < -0.39 is 0 Å². The Bertz CT molecular complexity index is 868. The highest BCUT2D eigenvalue weighted by molar-refractivity contribution is 7.11. The third kappa shape index (κ3) is 4.97. The number of nitrogens with zero attached hydrogens (tertiary/aromatic N) is 2. The fourth-order valence-electron chi connectivity index (χ4n) is 5.39. The SMILES string of the molecule is Cc1ccc(NC(=O)N2CCC(c3nc4c(s3)CCC(CC3CCC3)CC4)CC2)cc1. The molecule has 1 N–H and O–H groups in total. The zero-order valence-electron chi connectivity index (χ0n) is 18.7. The summed E-state index contributed by atoms with van der Waals surface area (Å²) in [4.78, 5) is 21.3.